The lowest BCUT2D eigenvalue weighted by Gasteiger charge is -2.15. The van der Waals surface area contributed by atoms with Crippen LogP contribution in [-0.2, 0) is 11.2 Å². The second-order valence-corrected chi connectivity index (χ2v) is 5.31. The van der Waals surface area contributed by atoms with Gasteiger partial charge in [-0.3, -0.25) is 4.79 Å². The Morgan fingerprint density at radius 2 is 1.76 bits per heavy atom. The Hall–Kier alpha value is -2.29. The summed E-state index contributed by atoms with van der Waals surface area (Å²) in [6.45, 7) is 5.94. The minimum absolute atomic E-state index is 0.0379. The van der Waals surface area contributed by atoms with Crippen LogP contribution in [0.3, 0.4) is 0 Å². The van der Waals surface area contributed by atoms with Crippen molar-refractivity contribution in [2.24, 2.45) is 0 Å². The van der Waals surface area contributed by atoms with Crippen molar-refractivity contribution in [3.05, 3.63) is 59.7 Å². The van der Waals surface area contributed by atoms with Crippen LogP contribution < -0.4 is 10.1 Å². The van der Waals surface area contributed by atoms with Crippen LogP contribution in [0.4, 0.5) is 5.69 Å². The zero-order valence-corrected chi connectivity index (χ0v) is 12.7. The average molecular weight is 283 g/mol. The van der Waals surface area contributed by atoms with Gasteiger partial charge in [-0.1, -0.05) is 36.4 Å². The van der Waals surface area contributed by atoms with Crippen LogP contribution in [-0.4, -0.2) is 12.0 Å². The molecule has 0 fully saturated rings. The van der Waals surface area contributed by atoms with E-state index in [0.29, 0.717) is 17.9 Å². The Morgan fingerprint density at radius 1 is 1.10 bits per heavy atom. The van der Waals surface area contributed by atoms with Gasteiger partial charge in [0.2, 0.25) is 5.91 Å². The summed E-state index contributed by atoms with van der Waals surface area (Å²) in [6.07, 6.45) is 0.433. The van der Waals surface area contributed by atoms with E-state index in [9.17, 15) is 4.79 Å². The van der Waals surface area contributed by atoms with E-state index in [4.69, 9.17) is 4.74 Å². The first kappa shape index (κ1) is 15.1. The quantitative estimate of drug-likeness (QED) is 0.902. The zero-order chi connectivity index (χ0) is 15.2. The van der Waals surface area contributed by atoms with Crippen LogP contribution in [0.25, 0.3) is 0 Å². The van der Waals surface area contributed by atoms with Crippen LogP contribution in [0.5, 0.6) is 5.75 Å². The predicted molar refractivity (Wildman–Crippen MR) is 85.7 cm³/mol. The molecule has 0 spiro atoms. The smallest absolute Gasteiger partial charge is 0.228 e. The topological polar surface area (TPSA) is 38.3 Å². The molecule has 0 heterocycles. The van der Waals surface area contributed by atoms with Gasteiger partial charge in [0.25, 0.3) is 0 Å². The Bertz CT molecular complexity index is 620. The van der Waals surface area contributed by atoms with Gasteiger partial charge < -0.3 is 10.1 Å². The molecule has 0 aliphatic heterocycles. The molecule has 3 nitrogen and oxygen atoms in total. The SMILES string of the molecule is Cc1ccccc1CC(=O)Nc1ccccc1OC(C)C. The molecule has 0 saturated heterocycles. The van der Waals surface area contributed by atoms with E-state index in [2.05, 4.69) is 5.32 Å². The minimum Gasteiger partial charge on any atom is -0.489 e. The number of rotatable bonds is 5. The Kier molecular flexibility index (Phi) is 4.99. The van der Waals surface area contributed by atoms with E-state index in [0.717, 1.165) is 11.1 Å². The van der Waals surface area contributed by atoms with Gasteiger partial charge in [0.1, 0.15) is 5.75 Å². The number of ether oxygens (including phenoxy) is 1. The van der Waals surface area contributed by atoms with Crippen LogP contribution in [0.1, 0.15) is 25.0 Å². The number of anilines is 1. The largest absolute Gasteiger partial charge is 0.489 e. The normalized spacial score (nSPS) is 10.5. The van der Waals surface area contributed by atoms with Crippen molar-refractivity contribution in [2.75, 3.05) is 5.32 Å². The summed E-state index contributed by atoms with van der Waals surface area (Å²) in [7, 11) is 0. The Labute approximate surface area is 126 Å². The fourth-order valence-electron chi connectivity index (χ4n) is 2.10. The predicted octanol–water partition coefficient (Wildman–Crippen LogP) is 3.96. The highest BCUT2D eigenvalue weighted by atomic mass is 16.5. The van der Waals surface area contributed by atoms with Crippen LogP contribution >= 0.6 is 0 Å². The first-order chi connectivity index (χ1) is 10.1. The van der Waals surface area contributed by atoms with Gasteiger partial charge in [0, 0.05) is 0 Å². The monoisotopic (exact) mass is 283 g/mol. The minimum atomic E-state index is -0.0379. The molecule has 0 radical (unpaired) electrons. The van der Waals surface area contributed by atoms with Gasteiger partial charge in [-0.15, -0.1) is 0 Å². The number of hydrogen-bond donors (Lipinski definition) is 1. The van der Waals surface area contributed by atoms with E-state index in [-0.39, 0.29) is 12.0 Å². The van der Waals surface area contributed by atoms with E-state index < -0.39 is 0 Å². The third-order valence-corrected chi connectivity index (χ3v) is 3.14. The number of benzene rings is 2. The summed E-state index contributed by atoms with van der Waals surface area (Å²) in [4.78, 5) is 12.2. The van der Waals surface area contributed by atoms with Crippen molar-refractivity contribution in [3.63, 3.8) is 0 Å². The number of carbonyl (C=O) groups excluding carboxylic acids is 1. The molecule has 0 bridgehead atoms. The highest BCUT2D eigenvalue weighted by molar-refractivity contribution is 5.93. The number of hydrogen-bond acceptors (Lipinski definition) is 2. The second-order valence-electron chi connectivity index (χ2n) is 5.31. The number of aryl methyl sites for hydroxylation is 1. The molecule has 3 heteroatoms. The van der Waals surface area contributed by atoms with Crippen molar-refractivity contribution in [1.29, 1.82) is 0 Å². The average Bonchev–Trinajstić information content (AvgIpc) is 2.43. The fraction of sp³-hybridized carbons (Fsp3) is 0.278. The van der Waals surface area contributed by atoms with Gasteiger partial charge in [0.05, 0.1) is 18.2 Å². The van der Waals surface area contributed by atoms with Crippen LogP contribution in [0.2, 0.25) is 0 Å². The second kappa shape index (κ2) is 6.93. The molecule has 110 valence electrons. The van der Waals surface area contributed by atoms with Gasteiger partial charge in [-0.25, -0.2) is 0 Å². The van der Waals surface area contributed by atoms with Crippen LogP contribution in [0, 0.1) is 6.92 Å². The molecule has 0 aliphatic carbocycles. The molecular weight excluding hydrogens is 262 g/mol. The van der Waals surface area contributed by atoms with E-state index in [1.807, 2.05) is 69.3 Å². The summed E-state index contributed by atoms with van der Waals surface area (Å²) in [5.74, 6) is 0.662. The number of nitrogens with one attached hydrogen (secondary N) is 1. The molecule has 0 unspecified atom stereocenters. The molecule has 1 N–H and O–H groups in total. The van der Waals surface area contributed by atoms with Crippen LogP contribution in [0.15, 0.2) is 48.5 Å². The summed E-state index contributed by atoms with van der Waals surface area (Å²) in [6, 6.07) is 15.4. The summed E-state index contributed by atoms with van der Waals surface area (Å²) in [5.41, 5.74) is 2.88. The molecule has 2 rings (SSSR count). The molecule has 21 heavy (non-hydrogen) atoms. The van der Waals surface area contributed by atoms with E-state index >= 15 is 0 Å². The van der Waals surface area contributed by atoms with E-state index in [1.165, 1.54) is 0 Å². The number of para-hydroxylation sites is 2. The molecule has 2 aromatic rings. The molecule has 0 aromatic heterocycles. The molecular formula is C18H21NO2. The Balaban J connectivity index is 2.08. The highest BCUT2D eigenvalue weighted by Crippen LogP contribution is 2.25. The highest BCUT2D eigenvalue weighted by Gasteiger charge is 2.10. The van der Waals surface area contributed by atoms with Crippen molar-refractivity contribution >= 4 is 11.6 Å². The first-order valence-corrected chi connectivity index (χ1v) is 7.16. The maximum absolute atomic E-state index is 12.2. The van der Waals surface area contributed by atoms with Crippen molar-refractivity contribution in [2.45, 2.75) is 33.3 Å². The van der Waals surface area contributed by atoms with Gasteiger partial charge in [-0.2, -0.15) is 0 Å². The third-order valence-electron chi connectivity index (χ3n) is 3.14. The molecule has 0 saturated carbocycles. The van der Waals surface area contributed by atoms with Crippen molar-refractivity contribution < 1.29 is 9.53 Å². The first-order valence-electron chi connectivity index (χ1n) is 7.16. The lowest BCUT2D eigenvalue weighted by atomic mass is 10.1. The van der Waals surface area contributed by atoms with Gasteiger partial charge in [-0.05, 0) is 44.0 Å². The lowest BCUT2D eigenvalue weighted by Crippen LogP contribution is -2.16. The standard InChI is InChI=1S/C18H21NO2/c1-13(2)21-17-11-7-6-10-16(17)19-18(20)12-15-9-5-4-8-14(15)3/h4-11,13H,12H2,1-3H3,(H,19,20). The van der Waals surface area contributed by atoms with E-state index in [1.54, 1.807) is 0 Å². The number of amides is 1. The molecule has 2 aromatic carbocycles. The van der Waals surface area contributed by atoms with Gasteiger partial charge >= 0.3 is 0 Å². The van der Waals surface area contributed by atoms with Gasteiger partial charge in [0.15, 0.2) is 0 Å². The summed E-state index contributed by atoms with van der Waals surface area (Å²) >= 11 is 0. The third kappa shape index (κ3) is 4.35. The maximum atomic E-state index is 12.2. The summed E-state index contributed by atoms with van der Waals surface area (Å²) in [5, 5.41) is 2.93. The Morgan fingerprint density at radius 3 is 2.48 bits per heavy atom. The van der Waals surface area contributed by atoms with Crippen molar-refractivity contribution in [1.82, 2.24) is 0 Å². The maximum Gasteiger partial charge on any atom is 0.228 e. The summed E-state index contributed by atoms with van der Waals surface area (Å²) < 4.78 is 5.71. The lowest BCUT2D eigenvalue weighted by molar-refractivity contribution is -0.115. The molecule has 0 atom stereocenters. The fourth-order valence-corrected chi connectivity index (χ4v) is 2.10. The molecule has 1 amide bonds. The molecule has 0 aliphatic rings. The van der Waals surface area contributed by atoms with Crippen molar-refractivity contribution in [3.8, 4) is 5.75 Å². The zero-order valence-electron chi connectivity index (χ0n) is 12.7. The number of carbonyl (C=O) groups is 1.